The molecule has 3 saturated carbocycles. The Balaban J connectivity index is 1.04. The molecule has 3 aliphatic carbocycles. The number of benzene rings is 2. The van der Waals surface area contributed by atoms with Gasteiger partial charge in [0.2, 0.25) is 0 Å². The van der Waals surface area contributed by atoms with E-state index in [0.717, 1.165) is 85.6 Å². The molecule has 1 atom stereocenters. The van der Waals surface area contributed by atoms with E-state index < -0.39 is 25.3 Å². The Morgan fingerprint density at radius 3 is 1.81 bits per heavy atom. The standard InChI is InChI=1S/C48H60N4O10S2/c1-29-7-19-42-46(30(29)2)32-8-13-37(14-9-32)60-26-41-48(50-64(57,58)38-17-18-38)35(21-23-52(41)45(54)28-61-42)24-34-12-20-43-47(31(34)3)33-10-15-36(16-11-33)59-25-40-39(49-63(4,55)56)6-5-22-51(40)44(53)27-62-43/h7,12,19-20,25-26,32-33,35-38H,5-6,8-11,13-18,21-24,27-28H2,1-4H3/b40-25-,41-26-,49-39+,50-48+. The molecule has 2 amide bonds. The summed E-state index contributed by atoms with van der Waals surface area (Å²) in [6.45, 7) is 6.54. The van der Waals surface area contributed by atoms with E-state index in [0.29, 0.717) is 80.2 Å². The van der Waals surface area contributed by atoms with Crippen LogP contribution in [-0.4, -0.2) is 99.9 Å². The maximum Gasteiger partial charge on any atom is 0.265 e. The highest BCUT2D eigenvalue weighted by Gasteiger charge is 2.41. The average Bonchev–Trinajstić information content (AvgIpc) is 4.13. The topological polar surface area (TPSA) is 171 Å². The van der Waals surface area contributed by atoms with Gasteiger partial charge in [-0.25, -0.2) is 16.8 Å². The molecule has 14 nitrogen and oxygen atoms in total. The average molecular weight is 917 g/mol. The number of nitrogens with zero attached hydrogens (tertiary/aromatic N) is 4. The van der Waals surface area contributed by atoms with Crippen LogP contribution in [0.25, 0.3) is 0 Å². The van der Waals surface area contributed by atoms with Crippen LogP contribution < -0.4 is 9.47 Å². The Morgan fingerprint density at radius 2 is 1.22 bits per heavy atom. The van der Waals surface area contributed by atoms with Crippen molar-refractivity contribution in [2.45, 2.75) is 140 Å². The lowest BCUT2D eigenvalue weighted by atomic mass is 9.78. The number of rotatable bonds is 5. The number of carbonyl (C=O) groups excluding carboxylic acids is 2. The van der Waals surface area contributed by atoms with Gasteiger partial charge >= 0.3 is 0 Å². The number of hydrogen-bond donors (Lipinski definition) is 0. The van der Waals surface area contributed by atoms with Gasteiger partial charge in [0.15, 0.2) is 13.2 Å². The fourth-order valence-electron chi connectivity index (χ4n) is 10.7. The SMILES string of the molecule is Cc1ccc2c(c1C)C1CCC(CC1)O/C=C1/C(=N/S(=O)(=O)C3CC3)C(Cc3ccc4c(c3C)C3CCC(CC3)O/C=C3/C(=N/S(C)(=O)=O)CCCN3C(=O)CO4)CCN1C(=O)CO2. The van der Waals surface area contributed by atoms with Crippen molar-refractivity contribution in [2.75, 3.05) is 32.6 Å². The molecule has 2 saturated heterocycles. The first-order chi connectivity index (χ1) is 30.6. The number of fused-ring (bicyclic) bond motifs is 10. The highest BCUT2D eigenvalue weighted by Crippen LogP contribution is 2.45. The van der Waals surface area contributed by atoms with Gasteiger partial charge in [-0.1, -0.05) is 12.1 Å². The van der Waals surface area contributed by atoms with E-state index >= 15 is 0 Å². The molecule has 0 radical (unpaired) electrons. The summed E-state index contributed by atoms with van der Waals surface area (Å²) >= 11 is 0. The van der Waals surface area contributed by atoms with Crippen LogP contribution in [-0.2, 0) is 45.5 Å². The van der Waals surface area contributed by atoms with Gasteiger partial charge in [0.05, 0.1) is 35.1 Å². The zero-order valence-corrected chi connectivity index (χ0v) is 39.0. The summed E-state index contributed by atoms with van der Waals surface area (Å²) < 4.78 is 86.3. The second kappa shape index (κ2) is 17.9. The summed E-state index contributed by atoms with van der Waals surface area (Å²) in [5, 5.41) is -0.540. The van der Waals surface area contributed by atoms with Crippen molar-refractivity contribution >= 4 is 43.3 Å². The summed E-state index contributed by atoms with van der Waals surface area (Å²) in [4.78, 5) is 31.3. The van der Waals surface area contributed by atoms with Crippen LogP contribution >= 0.6 is 0 Å². The molecular weight excluding hydrogens is 857 g/mol. The third-order valence-corrected chi connectivity index (χ3v) is 16.8. The van der Waals surface area contributed by atoms with E-state index in [4.69, 9.17) is 18.9 Å². The summed E-state index contributed by atoms with van der Waals surface area (Å²) in [6, 6.07) is 7.93. The van der Waals surface area contributed by atoms with Crippen LogP contribution in [0, 0.1) is 26.7 Å². The van der Waals surface area contributed by atoms with Crippen LogP contribution in [0.15, 0.2) is 57.0 Å². The third kappa shape index (κ3) is 9.36. The van der Waals surface area contributed by atoms with Gasteiger partial charge in [-0.05, 0) is 157 Å². The number of allylic oxidation sites excluding steroid dienone is 2. The molecule has 0 aromatic heterocycles. The van der Waals surface area contributed by atoms with E-state index in [1.54, 1.807) is 11.2 Å². The maximum absolute atomic E-state index is 14.3. The van der Waals surface area contributed by atoms with E-state index in [9.17, 15) is 26.4 Å². The summed E-state index contributed by atoms with van der Waals surface area (Å²) in [6.07, 6.45) is 13.5. The molecule has 64 heavy (non-hydrogen) atoms. The van der Waals surface area contributed by atoms with Gasteiger partial charge in [0.25, 0.3) is 31.9 Å². The first-order valence-corrected chi connectivity index (χ1v) is 26.4. The first-order valence-electron chi connectivity index (χ1n) is 23.1. The number of piperidine rings is 2. The Bertz CT molecular complexity index is 2550. The van der Waals surface area contributed by atoms with Crippen molar-refractivity contribution in [1.29, 1.82) is 0 Å². The number of carbonyl (C=O) groups is 2. The van der Waals surface area contributed by atoms with Crippen LogP contribution in [0.5, 0.6) is 11.5 Å². The Hall–Kier alpha value is -4.70. The van der Waals surface area contributed by atoms with E-state index in [1.807, 2.05) is 24.3 Å². The molecule has 16 heteroatoms. The second-order valence-corrected chi connectivity index (χ2v) is 22.4. The molecule has 11 rings (SSSR count). The number of ether oxygens (including phenoxy) is 4. The van der Waals surface area contributed by atoms with Crippen molar-refractivity contribution in [1.82, 2.24) is 9.80 Å². The number of amides is 2. The van der Waals surface area contributed by atoms with Crippen molar-refractivity contribution in [2.24, 2.45) is 14.7 Å². The van der Waals surface area contributed by atoms with Gasteiger partial charge in [-0.3, -0.25) is 9.59 Å². The zero-order chi connectivity index (χ0) is 44.9. The van der Waals surface area contributed by atoms with Gasteiger partial charge in [-0.15, -0.1) is 0 Å². The highest BCUT2D eigenvalue weighted by molar-refractivity contribution is 7.91. The lowest BCUT2D eigenvalue weighted by Gasteiger charge is -2.36. The van der Waals surface area contributed by atoms with Crippen LogP contribution in [0.1, 0.15) is 129 Å². The first kappa shape index (κ1) is 44.5. The molecule has 5 fully saturated rings. The monoisotopic (exact) mass is 916 g/mol. The Morgan fingerprint density at radius 1 is 0.656 bits per heavy atom. The second-order valence-electron chi connectivity index (χ2n) is 18.8. The molecule has 6 heterocycles. The molecule has 1 unspecified atom stereocenters. The van der Waals surface area contributed by atoms with Gasteiger partial charge in [-0.2, -0.15) is 8.80 Å². The molecule has 344 valence electrons. The summed E-state index contributed by atoms with van der Waals surface area (Å²) in [7, 11) is -7.58. The van der Waals surface area contributed by atoms with Gasteiger partial charge in [0, 0.05) is 30.1 Å². The number of sulfonamides is 2. The molecular formula is C48H60N4O10S2. The molecule has 0 N–H and O–H groups in total. The normalized spacial score (nSPS) is 29.7. The molecule has 0 spiro atoms. The fraction of sp³-hybridized carbons (Fsp3) is 0.583. The predicted molar refractivity (Wildman–Crippen MR) is 243 cm³/mol. The Kier molecular flexibility index (Phi) is 12.5. The van der Waals surface area contributed by atoms with Crippen molar-refractivity contribution in [3.8, 4) is 11.5 Å². The van der Waals surface area contributed by atoms with Crippen LogP contribution in [0.4, 0.5) is 0 Å². The van der Waals surface area contributed by atoms with E-state index in [1.165, 1.54) is 22.3 Å². The number of hydrogen-bond acceptors (Lipinski definition) is 10. The predicted octanol–water partition coefficient (Wildman–Crippen LogP) is 7.21. The van der Waals surface area contributed by atoms with Crippen molar-refractivity contribution < 1.29 is 45.4 Å². The molecule has 2 aromatic rings. The largest absolute Gasteiger partial charge is 0.496 e. The summed E-state index contributed by atoms with van der Waals surface area (Å²) in [5.74, 6) is 0.779. The van der Waals surface area contributed by atoms with E-state index in [-0.39, 0.29) is 55.0 Å². The quantitative estimate of drug-likeness (QED) is 0.299. The minimum Gasteiger partial charge on any atom is -0.496 e. The van der Waals surface area contributed by atoms with Gasteiger partial charge < -0.3 is 28.7 Å². The molecule has 4 bridgehead atoms. The minimum atomic E-state index is -3.87. The molecule has 9 aliphatic rings. The highest BCUT2D eigenvalue weighted by atomic mass is 32.2. The van der Waals surface area contributed by atoms with Crippen LogP contribution in [0.2, 0.25) is 0 Å². The van der Waals surface area contributed by atoms with Crippen LogP contribution in [0.3, 0.4) is 0 Å². The number of aryl methyl sites for hydroxylation is 1. The summed E-state index contributed by atoms with van der Waals surface area (Å²) in [5.41, 5.74) is 7.97. The lowest BCUT2D eigenvalue weighted by molar-refractivity contribution is -0.132. The zero-order valence-electron chi connectivity index (χ0n) is 37.3. The van der Waals surface area contributed by atoms with Crippen molar-refractivity contribution in [3.63, 3.8) is 0 Å². The Labute approximate surface area is 377 Å². The molecule has 6 aliphatic heterocycles. The maximum atomic E-state index is 14.3. The van der Waals surface area contributed by atoms with Crippen molar-refractivity contribution in [3.05, 3.63) is 81.6 Å². The third-order valence-electron chi connectivity index (χ3n) is 14.5. The van der Waals surface area contributed by atoms with Gasteiger partial charge in [0.1, 0.15) is 35.4 Å². The van der Waals surface area contributed by atoms with E-state index in [2.05, 4.69) is 29.6 Å². The minimum absolute atomic E-state index is 0.0908. The fourth-order valence-corrected chi connectivity index (χ4v) is 12.7. The molecule has 2 aromatic carbocycles. The smallest absolute Gasteiger partial charge is 0.265 e. The lowest BCUT2D eigenvalue weighted by Crippen LogP contribution is -2.45.